The van der Waals surface area contributed by atoms with Gasteiger partial charge >= 0.3 is 0 Å². The Morgan fingerprint density at radius 2 is 1.68 bits per heavy atom. The highest BCUT2D eigenvalue weighted by molar-refractivity contribution is 8.21. The second-order valence-corrected chi connectivity index (χ2v) is 12.1. The van der Waals surface area contributed by atoms with Gasteiger partial charge in [-0.3, -0.25) is 9.69 Å². The molecule has 1 amide bonds. The molecule has 2 bridgehead atoms. The molecule has 1 aromatic rings. The number of hydrogen-bond donors (Lipinski definition) is 0. The molecule has 1 spiro atoms. The number of rotatable bonds is 3. The van der Waals surface area contributed by atoms with Crippen LogP contribution in [-0.2, 0) is 11.3 Å². The zero-order valence-corrected chi connectivity index (χ0v) is 18.6. The van der Waals surface area contributed by atoms with Crippen LogP contribution < -0.4 is 0 Å². The number of carbonyl (C=O) groups is 1. The van der Waals surface area contributed by atoms with E-state index in [1.54, 1.807) is 0 Å². The van der Waals surface area contributed by atoms with Gasteiger partial charge in [0.05, 0.1) is 4.08 Å². The number of hydrogen-bond acceptors (Lipinski definition) is 4. The monoisotopic (exact) mass is 416 g/mol. The van der Waals surface area contributed by atoms with Crippen LogP contribution >= 0.6 is 23.5 Å². The molecular formula is C23H32N2OS2. The molecule has 5 heteroatoms. The highest BCUT2D eigenvalue weighted by Crippen LogP contribution is 2.65. The maximum absolute atomic E-state index is 13.3. The lowest BCUT2D eigenvalue weighted by atomic mass is 9.79. The fourth-order valence-electron chi connectivity index (χ4n) is 6.02. The van der Waals surface area contributed by atoms with Crippen molar-refractivity contribution >= 4 is 29.4 Å². The van der Waals surface area contributed by atoms with E-state index in [2.05, 4.69) is 64.5 Å². The predicted molar refractivity (Wildman–Crippen MR) is 120 cm³/mol. The third-order valence-corrected chi connectivity index (χ3v) is 11.6. The first-order valence-corrected chi connectivity index (χ1v) is 13.0. The summed E-state index contributed by atoms with van der Waals surface area (Å²) < 4.78 is 0.489. The summed E-state index contributed by atoms with van der Waals surface area (Å²) in [7, 11) is 0. The number of amides is 1. The Kier molecular flexibility index (Phi) is 5.44. The summed E-state index contributed by atoms with van der Waals surface area (Å²) >= 11 is 4.45. The molecule has 152 valence electrons. The van der Waals surface area contributed by atoms with Gasteiger partial charge in [0.25, 0.3) is 0 Å². The molecule has 0 N–H and O–H groups in total. The van der Waals surface area contributed by atoms with Crippen LogP contribution in [0.4, 0.5) is 0 Å². The van der Waals surface area contributed by atoms with Gasteiger partial charge in [-0.15, -0.1) is 23.5 Å². The van der Waals surface area contributed by atoms with E-state index in [-0.39, 0.29) is 0 Å². The number of benzene rings is 1. The summed E-state index contributed by atoms with van der Waals surface area (Å²) in [6.45, 7) is 7.04. The van der Waals surface area contributed by atoms with E-state index in [1.807, 2.05) is 0 Å². The molecule has 0 aromatic heterocycles. The molecule has 2 aliphatic heterocycles. The van der Waals surface area contributed by atoms with Gasteiger partial charge in [-0.05, 0) is 55.6 Å². The van der Waals surface area contributed by atoms with Crippen LogP contribution in [-0.4, -0.2) is 57.5 Å². The van der Waals surface area contributed by atoms with Crippen molar-refractivity contribution in [3.63, 3.8) is 0 Å². The standard InChI is InChI=1S/C23H32N2OS2/c1-17-4-2-3-5-18(17)16-24-8-10-25(11-9-24)22(26)19-14-20-6-7-21(15-19)23(20)27-12-13-28-23/h2-5,19-21H,6-16H2,1H3. The Labute approximate surface area is 178 Å². The normalized spacial score (nSPS) is 32.2. The van der Waals surface area contributed by atoms with Crippen LogP contribution in [0.2, 0.25) is 0 Å². The number of carbonyl (C=O) groups excluding carboxylic acids is 1. The van der Waals surface area contributed by atoms with Gasteiger partial charge in [0, 0.05) is 50.1 Å². The van der Waals surface area contributed by atoms with Crippen LogP contribution in [0.3, 0.4) is 0 Å². The van der Waals surface area contributed by atoms with E-state index in [0.29, 0.717) is 15.9 Å². The van der Waals surface area contributed by atoms with E-state index < -0.39 is 0 Å². The van der Waals surface area contributed by atoms with Crippen molar-refractivity contribution in [2.24, 2.45) is 17.8 Å². The molecule has 2 unspecified atom stereocenters. The average Bonchev–Trinajstić information content (AvgIpc) is 3.25. The zero-order valence-electron chi connectivity index (χ0n) is 16.9. The van der Waals surface area contributed by atoms with Gasteiger partial charge in [-0.2, -0.15) is 0 Å². The van der Waals surface area contributed by atoms with Crippen molar-refractivity contribution in [2.45, 2.75) is 43.2 Å². The largest absolute Gasteiger partial charge is 0.340 e. The van der Waals surface area contributed by atoms with Gasteiger partial charge in [0.1, 0.15) is 0 Å². The first-order chi connectivity index (χ1) is 13.7. The lowest BCUT2D eigenvalue weighted by molar-refractivity contribution is -0.139. The van der Waals surface area contributed by atoms with Gasteiger partial charge < -0.3 is 4.90 Å². The van der Waals surface area contributed by atoms with Crippen molar-refractivity contribution in [1.29, 1.82) is 0 Å². The van der Waals surface area contributed by atoms with Crippen molar-refractivity contribution < 1.29 is 4.79 Å². The smallest absolute Gasteiger partial charge is 0.225 e. The molecule has 2 heterocycles. The highest BCUT2D eigenvalue weighted by atomic mass is 32.2. The highest BCUT2D eigenvalue weighted by Gasteiger charge is 2.57. The van der Waals surface area contributed by atoms with E-state index in [4.69, 9.17) is 0 Å². The summed E-state index contributed by atoms with van der Waals surface area (Å²) in [4.78, 5) is 18.0. The molecule has 4 fully saturated rings. The minimum Gasteiger partial charge on any atom is -0.340 e. The third-order valence-electron chi connectivity index (χ3n) is 7.57. The lowest BCUT2D eigenvalue weighted by Crippen LogP contribution is -2.51. The Bertz CT molecular complexity index is 709. The van der Waals surface area contributed by atoms with Crippen molar-refractivity contribution in [3.05, 3.63) is 35.4 Å². The van der Waals surface area contributed by atoms with Crippen LogP contribution in [0.25, 0.3) is 0 Å². The average molecular weight is 417 g/mol. The Morgan fingerprint density at radius 1 is 1.04 bits per heavy atom. The summed E-state index contributed by atoms with van der Waals surface area (Å²) in [5.41, 5.74) is 2.79. The fraction of sp³-hybridized carbons (Fsp3) is 0.696. The van der Waals surface area contributed by atoms with Gasteiger partial charge in [0.2, 0.25) is 5.91 Å². The quantitative estimate of drug-likeness (QED) is 0.735. The van der Waals surface area contributed by atoms with Crippen molar-refractivity contribution in [1.82, 2.24) is 9.80 Å². The minimum absolute atomic E-state index is 0.299. The molecule has 5 rings (SSSR count). The van der Waals surface area contributed by atoms with Crippen molar-refractivity contribution in [2.75, 3.05) is 37.7 Å². The van der Waals surface area contributed by atoms with E-state index in [9.17, 15) is 4.79 Å². The van der Waals surface area contributed by atoms with Crippen LogP contribution in [0.1, 0.15) is 36.8 Å². The topological polar surface area (TPSA) is 23.6 Å². The second-order valence-electron chi connectivity index (χ2n) is 9.09. The Hall–Kier alpha value is -0.650. The molecule has 3 nitrogen and oxygen atoms in total. The van der Waals surface area contributed by atoms with E-state index in [0.717, 1.165) is 57.4 Å². The summed E-state index contributed by atoms with van der Waals surface area (Å²) in [5.74, 6) is 4.96. The molecule has 2 aliphatic carbocycles. The summed E-state index contributed by atoms with van der Waals surface area (Å²) in [6.07, 6.45) is 5.02. The molecule has 2 saturated heterocycles. The first-order valence-electron chi connectivity index (χ1n) is 11.0. The van der Waals surface area contributed by atoms with E-state index >= 15 is 0 Å². The van der Waals surface area contributed by atoms with Crippen LogP contribution in [0.15, 0.2) is 24.3 Å². The van der Waals surface area contributed by atoms with Crippen molar-refractivity contribution in [3.8, 4) is 0 Å². The number of nitrogens with zero attached hydrogens (tertiary/aromatic N) is 2. The summed E-state index contributed by atoms with van der Waals surface area (Å²) in [6, 6.07) is 8.67. The Morgan fingerprint density at radius 3 is 2.32 bits per heavy atom. The SMILES string of the molecule is Cc1ccccc1CN1CCN(C(=O)C2CC3CCC(C2)C32SCCS2)CC1. The molecule has 4 aliphatic rings. The zero-order chi connectivity index (χ0) is 19.1. The number of piperazine rings is 1. The predicted octanol–water partition coefficient (Wildman–Crippen LogP) is 4.25. The second kappa shape index (κ2) is 7.88. The maximum atomic E-state index is 13.3. The lowest BCUT2D eigenvalue weighted by Gasteiger charge is -2.44. The maximum Gasteiger partial charge on any atom is 0.225 e. The molecule has 2 atom stereocenters. The summed E-state index contributed by atoms with van der Waals surface area (Å²) in [5, 5.41) is 0. The van der Waals surface area contributed by atoms with Crippen LogP contribution in [0.5, 0.6) is 0 Å². The van der Waals surface area contributed by atoms with Crippen LogP contribution in [0, 0.1) is 24.7 Å². The van der Waals surface area contributed by atoms with Gasteiger partial charge in [0.15, 0.2) is 0 Å². The molecule has 1 aromatic carbocycles. The molecule has 0 radical (unpaired) electrons. The molecule has 28 heavy (non-hydrogen) atoms. The molecular weight excluding hydrogens is 384 g/mol. The molecule has 2 saturated carbocycles. The number of aryl methyl sites for hydroxylation is 1. The number of thioether (sulfide) groups is 2. The third kappa shape index (κ3) is 3.41. The van der Waals surface area contributed by atoms with Gasteiger partial charge in [-0.1, -0.05) is 24.3 Å². The van der Waals surface area contributed by atoms with Gasteiger partial charge in [-0.25, -0.2) is 0 Å². The van der Waals surface area contributed by atoms with E-state index in [1.165, 1.54) is 35.5 Å². The first kappa shape index (κ1) is 19.3. The minimum atomic E-state index is 0.299. The fourth-order valence-corrected chi connectivity index (χ4v) is 9.95. The Balaban J connectivity index is 1.16.